The standard InChI is InChI=1S/C14H21N3S/c1-11-9-14(13(3)18-11)12(2)16-5-4-7-17-8-6-15-10-17/h6,8-10,12,16H,4-5,7H2,1-3H3. The van der Waals surface area contributed by atoms with E-state index in [0.29, 0.717) is 6.04 Å². The Morgan fingerprint density at radius 3 is 2.89 bits per heavy atom. The van der Waals surface area contributed by atoms with E-state index in [0.717, 1.165) is 19.5 Å². The fourth-order valence-corrected chi connectivity index (χ4v) is 3.21. The van der Waals surface area contributed by atoms with Crippen LogP contribution in [0.25, 0.3) is 0 Å². The van der Waals surface area contributed by atoms with Crippen molar-refractivity contribution in [2.45, 2.75) is 39.8 Å². The van der Waals surface area contributed by atoms with E-state index in [1.54, 1.807) is 0 Å². The summed E-state index contributed by atoms with van der Waals surface area (Å²) in [7, 11) is 0. The molecule has 0 aliphatic rings. The second kappa shape index (κ2) is 6.16. The second-order valence-corrected chi connectivity index (χ2v) is 6.16. The zero-order chi connectivity index (χ0) is 13.0. The highest BCUT2D eigenvalue weighted by Crippen LogP contribution is 2.25. The molecule has 1 unspecified atom stereocenters. The van der Waals surface area contributed by atoms with Crippen molar-refractivity contribution in [3.63, 3.8) is 0 Å². The molecule has 0 saturated heterocycles. The molecular formula is C14H21N3S. The second-order valence-electron chi connectivity index (χ2n) is 4.70. The Hall–Kier alpha value is -1.13. The molecule has 98 valence electrons. The normalized spacial score (nSPS) is 12.8. The van der Waals surface area contributed by atoms with Crippen LogP contribution in [0.15, 0.2) is 24.8 Å². The van der Waals surface area contributed by atoms with E-state index in [2.05, 4.69) is 41.7 Å². The fourth-order valence-electron chi connectivity index (χ4n) is 2.19. The first kappa shape index (κ1) is 13.3. The van der Waals surface area contributed by atoms with E-state index in [-0.39, 0.29) is 0 Å². The van der Waals surface area contributed by atoms with Gasteiger partial charge in [-0.25, -0.2) is 4.98 Å². The van der Waals surface area contributed by atoms with Gasteiger partial charge in [0.15, 0.2) is 0 Å². The van der Waals surface area contributed by atoms with Crippen molar-refractivity contribution in [3.05, 3.63) is 40.1 Å². The summed E-state index contributed by atoms with van der Waals surface area (Å²) in [4.78, 5) is 6.87. The molecule has 0 fully saturated rings. The molecule has 18 heavy (non-hydrogen) atoms. The van der Waals surface area contributed by atoms with Gasteiger partial charge in [0.1, 0.15) is 0 Å². The minimum atomic E-state index is 0.442. The molecule has 2 rings (SSSR count). The summed E-state index contributed by atoms with van der Waals surface area (Å²) in [6.07, 6.45) is 6.84. The Morgan fingerprint density at radius 1 is 1.44 bits per heavy atom. The molecular weight excluding hydrogens is 242 g/mol. The molecule has 0 spiro atoms. The van der Waals surface area contributed by atoms with Crippen LogP contribution < -0.4 is 5.32 Å². The number of imidazole rings is 1. The zero-order valence-electron chi connectivity index (χ0n) is 11.3. The molecule has 0 radical (unpaired) electrons. The fraction of sp³-hybridized carbons (Fsp3) is 0.500. The molecule has 1 atom stereocenters. The third kappa shape index (κ3) is 3.43. The maximum atomic E-state index is 4.04. The first-order valence-electron chi connectivity index (χ1n) is 6.43. The first-order valence-corrected chi connectivity index (χ1v) is 7.24. The van der Waals surface area contributed by atoms with Gasteiger partial charge in [-0.05, 0) is 45.4 Å². The van der Waals surface area contributed by atoms with E-state index in [9.17, 15) is 0 Å². The molecule has 0 aliphatic heterocycles. The number of aromatic nitrogens is 2. The molecule has 0 saturated carbocycles. The summed E-state index contributed by atoms with van der Waals surface area (Å²) < 4.78 is 2.12. The number of hydrogen-bond acceptors (Lipinski definition) is 3. The van der Waals surface area contributed by atoms with Gasteiger partial charge in [-0.2, -0.15) is 0 Å². The number of nitrogens with one attached hydrogen (secondary N) is 1. The van der Waals surface area contributed by atoms with Gasteiger partial charge in [-0.15, -0.1) is 11.3 Å². The monoisotopic (exact) mass is 263 g/mol. The van der Waals surface area contributed by atoms with E-state index >= 15 is 0 Å². The van der Waals surface area contributed by atoms with Crippen molar-refractivity contribution in [3.8, 4) is 0 Å². The minimum Gasteiger partial charge on any atom is -0.337 e. The van der Waals surface area contributed by atoms with Crippen LogP contribution in [0, 0.1) is 13.8 Å². The van der Waals surface area contributed by atoms with Crippen molar-refractivity contribution in [1.82, 2.24) is 14.9 Å². The van der Waals surface area contributed by atoms with Gasteiger partial charge in [-0.1, -0.05) is 0 Å². The molecule has 0 amide bonds. The Bertz CT molecular complexity index is 473. The molecule has 2 heterocycles. The summed E-state index contributed by atoms with van der Waals surface area (Å²) in [5.74, 6) is 0. The third-order valence-electron chi connectivity index (χ3n) is 3.15. The van der Waals surface area contributed by atoms with Crippen LogP contribution in [0.1, 0.15) is 34.7 Å². The minimum absolute atomic E-state index is 0.442. The van der Waals surface area contributed by atoms with Crippen LogP contribution in [0.3, 0.4) is 0 Å². The lowest BCUT2D eigenvalue weighted by Crippen LogP contribution is -2.21. The highest BCUT2D eigenvalue weighted by atomic mass is 32.1. The average Bonchev–Trinajstić information content (AvgIpc) is 2.94. The summed E-state index contributed by atoms with van der Waals surface area (Å²) in [5.41, 5.74) is 1.44. The Labute approximate surface area is 113 Å². The molecule has 0 aromatic carbocycles. The molecule has 0 aliphatic carbocycles. The van der Waals surface area contributed by atoms with Crippen LogP contribution in [0.2, 0.25) is 0 Å². The van der Waals surface area contributed by atoms with Gasteiger partial charge < -0.3 is 9.88 Å². The third-order valence-corrected chi connectivity index (χ3v) is 4.13. The molecule has 3 nitrogen and oxygen atoms in total. The molecule has 0 bridgehead atoms. The maximum absolute atomic E-state index is 4.04. The van der Waals surface area contributed by atoms with Gasteiger partial charge in [0.25, 0.3) is 0 Å². The van der Waals surface area contributed by atoms with Crippen LogP contribution in [0.5, 0.6) is 0 Å². The van der Waals surface area contributed by atoms with E-state index in [4.69, 9.17) is 0 Å². The number of rotatable bonds is 6. The van der Waals surface area contributed by atoms with Crippen LogP contribution in [0.4, 0.5) is 0 Å². The number of aryl methyl sites for hydroxylation is 3. The van der Waals surface area contributed by atoms with Crippen molar-refractivity contribution in [2.24, 2.45) is 0 Å². The van der Waals surface area contributed by atoms with Gasteiger partial charge >= 0.3 is 0 Å². The highest BCUT2D eigenvalue weighted by molar-refractivity contribution is 7.12. The van der Waals surface area contributed by atoms with Crippen molar-refractivity contribution < 1.29 is 0 Å². The molecule has 2 aromatic rings. The largest absolute Gasteiger partial charge is 0.337 e. The highest BCUT2D eigenvalue weighted by Gasteiger charge is 2.09. The SMILES string of the molecule is Cc1cc(C(C)NCCCn2ccnc2)c(C)s1. The topological polar surface area (TPSA) is 29.9 Å². The van der Waals surface area contributed by atoms with E-state index < -0.39 is 0 Å². The van der Waals surface area contributed by atoms with Crippen molar-refractivity contribution in [2.75, 3.05) is 6.54 Å². The predicted molar refractivity (Wildman–Crippen MR) is 77.1 cm³/mol. The average molecular weight is 263 g/mol. The molecule has 4 heteroatoms. The Morgan fingerprint density at radius 2 is 2.28 bits per heavy atom. The van der Waals surface area contributed by atoms with Crippen molar-refractivity contribution >= 4 is 11.3 Å². The lowest BCUT2D eigenvalue weighted by molar-refractivity contribution is 0.526. The Balaban J connectivity index is 1.75. The molecule has 1 N–H and O–H groups in total. The van der Waals surface area contributed by atoms with Crippen LogP contribution in [-0.4, -0.2) is 16.1 Å². The maximum Gasteiger partial charge on any atom is 0.0945 e. The van der Waals surface area contributed by atoms with Crippen molar-refractivity contribution in [1.29, 1.82) is 0 Å². The quantitative estimate of drug-likeness (QED) is 0.810. The lowest BCUT2D eigenvalue weighted by atomic mass is 10.1. The Kier molecular flexibility index (Phi) is 4.55. The van der Waals surface area contributed by atoms with Gasteiger partial charge in [-0.3, -0.25) is 0 Å². The van der Waals surface area contributed by atoms with Gasteiger partial charge in [0.2, 0.25) is 0 Å². The summed E-state index contributed by atoms with van der Waals surface area (Å²) in [6, 6.07) is 2.74. The van der Waals surface area contributed by atoms with E-state index in [1.165, 1.54) is 15.3 Å². The number of thiophene rings is 1. The van der Waals surface area contributed by atoms with Gasteiger partial charge in [0, 0.05) is 34.7 Å². The predicted octanol–water partition coefficient (Wildman–Crippen LogP) is 3.30. The van der Waals surface area contributed by atoms with Crippen LogP contribution in [-0.2, 0) is 6.54 Å². The van der Waals surface area contributed by atoms with Crippen LogP contribution >= 0.6 is 11.3 Å². The number of nitrogens with zero attached hydrogens (tertiary/aromatic N) is 2. The smallest absolute Gasteiger partial charge is 0.0945 e. The van der Waals surface area contributed by atoms with E-state index in [1.807, 2.05) is 30.1 Å². The molecule has 2 aromatic heterocycles. The summed E-state index contributed by atoms with van der Waals surface area (Å²) in [5, 5.41) is 3.59. The number of hydrogen-bond donors (Lipinski definition) is 1. The summed E-state index contributed by atoms with van der Waals surface area (Å²) >= 11 is 1.88. The van der Waals surface area contributed by atoms with Gasteiger partial charge in [0.05, 0.1) is 6.33 Å². The lowest BCUT2D eigenvalue weighted by Gasteiger charge is -2.13. The first-order chi connectivity index (χ1) is 8.66. The summed E-state index contributed by atoms with van der Waals surface area (Å²) in [6.45, 7) is 8.68. The zero-order valence-corrected chi connectivity index (χ0v) is 12.1.